The number of rotatable bonds is 6. The summed E-state index contributed by atoms with van der Waals surface area (Å²) in [6.45, 7) is 2.31. The third-order valence-corrected chi connectivity index (χ3v) is 5.05. The summed E-state index contributed by atoms with van der Waals surface area (Å²) in [6.07, 6.45) is 9.11. The van der Waals surface area contributed by atoms with Crippen molar-refractivity contribution in [3.8, 4) is 0 Å². The molecule has 5 heteroatoms. The highest BCUT2D eigenvalue weighted by atomic mass is 16.2. The Morgan fingerprint density at radius 2 is 2.04 bits per heavy atom. The molecule has 1 aromatic rings. The van der Waals surface area contributed by atoms with Crippen molar-refractivity contribution < 1.29 is 9.59 Å². The average Bonchev–Trinajstić information content (AvgIpc) is 2.99. The van der Waals surface area contributed by atoms with Gasteiger partial charge in [-0.3, -0.25) is 14.6 Å². The number of hydrogen-bond donors (Lipinski definition) is 1. The minimum Gasteiger partial charge on any atom is -0.355 e. The van der Waals surface area contributed by atoms with Crippen molar-refractivity contribution in [3.05, 3.63) is 41.8 Å². The Bertz CT molecular complexity index is 669. The molecule has 1 radical (unpaired) electrons. The summed E-state index contributed by atoms with van der Waals surface area (Å²) in [6, 6.07) is 7.91. The highest BCUT2D eigenvalue weighted by molar-refractivity contribution is 5.92. The quantitative estimate of drug-likeness (QED) is 0.798. The van der Waals surface area contributed by atoms with Gasteiger partial charge < -0.3 is 10.2 Å². The second kappa shape index (κ2) is 9.51. The third kappa shape index (κ3) is 5.41. The smallest absolute Gasteiger partial charge is 0.239 e. The topological polar surface area (TPSA) is 61.8 Å². The molecule has 1 aromatic carbocycles. The summed E-state index contributed by atoms with van der Waals surface area (Å²) in [5.41, 5.74) is 3.42. The number of aliphatic imine (C=N–C) groups is 1. The minimum atomic E-state index is -0.0853. The average molecular weight is 354 g/mol. The molecule has 0 spiro atoms. The summed E-state index contributed by atoms with van der Waals surface area (Å²) < 4.78 is 0. The Labute approximate surface area is 155 Å². The van der Waals surface area contributed by atoms with Crippen LogP contribution < -0.4 is 5.32 Å². The van der Waals surface area contributed by atoms with Crippen LogP contribution in [0.3, 0.4) is 0 Å². The lowest BCUT2D eigenvalue weighted by Gasteiger charge is -2.19. The van der Waals surface area contributed by atoms with Gasteiger partial charge >= 0.3 is 0 Å². The van der Waals surface area contributed by atoms with E-state index in [9.17, 15) is 9.59 Å². The summed E-state index contributed by atoms with van der Waals surface area (Å²) in [7, 11) is 0. The highest BCUT2D eigenvalue weighted by Crippen LogP contribution is 2.17. The molecule has 26 heavy (non-hydrogen) atoms. The van der Waals surface area contributed by atoms with E-state index in [4.69, 9.17) is 0 Å². The number of fused-ring (bicyclic) bond motifs is 1. The maximum atomic E-state index is 12.4. The van der Waals surface area contributed by atoms with Crippen molar-refractivity contribution in [1.82, 2.24) is 10.2 Å². The molecule has 5 nitrogen and oxygen atoms in total. The van der Waals surface area contributed by atoms with E-state index in [2.05, 4.69) is 10.3 Å². The first-order chi connectivity index (χ1) is 12.7. The highest BCUT2D eigenvalue weighted by Gasteiger charge is 2.22. The fraction of sp³-hybridized carbons (Fsp3) is 0.524. The molecule has 2 heterocycles. The zero-order valence-electron chi connectivity index (χ0n) is 15.4. The normalized spacial score (nSPS) is 17.8. The number of carbonyl (C=O) groups is 2. The van der Waals surface area contributed by atoms with Gasteiger partial charge in [0.2, 0.25) is 11.8 Å². The molecule has 0 bridgehead atoms. The summed E-state index contributed by atoms with van der Waals surface area (Å²) >= 11 is 0. The zero-order chi connectivity index (χ0) is 18.2. The standard InChI is InChI=1S/C21H28N3O2/c25-20(23-13-6-10-19-9-2-1-5-12-22-19)16-24-14-11-17-7-3-4-8-18(17)15-21(24)26/h3-4,7-8,15H,1-2,5-6,9-14,16H2,(H,23,25). The van der Waals surface area contributed by atoms with Crippen LogP contribution >= 0.6 is 0 Å². The number of carbonyl (C=O) groups excluding carboxylic acids is 2. The maximum absolute atomic E-state index is 12.4. The largest absolute Gasteiger partial charge is 0.355 e. The van der Waals surface area contributed by atoms with Gasteiger partial charge in [-0.2, -0.15) is 0 Å². The predicted octanol–water partition coefficient (Wildman–Crippen LogP) is 2.54. The first kappa shape index (κ1) is 18.6. The Kier molecular flexibility index (Phi) is 6.81. The fourth-order valence-electron chi connectivity index (χ4n) is 3.54. The molecule has 0 saturated heterocycles. The number of amides is 2. The number of hydrogen-bond acceptors (Lipinski definition) is 3. The fourth-order valence-corrected chi connectivity index (χ4v) is 3.54. The maximum Gasteiger partial charge on any atom is 0.239 e. The van der Waals surface area contributed by atoms with Crippen LogP contribution in [-0.4, -0.2) is 48.6 Å². The molecule has 0 unspecified atom stereocenters. The molecule has 0 aliphatic carbocycles. The van der Waals surface area contributed by atoms with Gasteiger partial charge in [0, 0.05) is 25.3 Å². The van der Waals surface area contributed by atoms with Gasteiger partial charge in [0.1, 0.15) is 0 Å². The molecule has 2 aliphatic rings. The molecular weight excluding hydrogens is 326 g/mol. The van der Waals surface area contributed by atoms with Gasteiger partial charge in [-0.15, -0.1) is 0 Å². The number of benzene rings is 1. The summed E-state index contributed by atoms with van der Waals surface area (Å²) in [5, 5.41) is 2.95. The van der Waals surface area contributed by atoms with Crippen LogP contribution in [0.5, 0.6) is 0 Å². The van der Waals surface area contributed by atoms with Crippen molar-refractivity contribution in [2.45, 2.75) is 44.9 Å². The summed E-state index contributed by atoms with van der Waals surface area (Å²) in [4.78, 5) is 30.8. The Morgan fingerprint density at radius 1 is 1.15 bits per heavy atom. The molecular formula is C21H28N3O2. The van der Waals surface area contributed by atoms with E-state index in [0.29, 0.717) is 13.1 Å². The summed E-state index contributed by atoms with van der Waals surface area (Å²) in [5.74, 6) is -0.168. The van der Waals surface area contributed by atoms with E-state index in [-0.39, 0.29) is 18.4 Å². The molecule has 139 valence electrons. The van der Waals surface area contributed by atoms with Crippen LogP contribution in [0.1, 0.15) is 49.7 Å². The molecule has 0 atom stereocenters. The van der Waals surface area contributed by atoms with Gasteiger partial charge in [0.05, 0.1) is 13.0 Å². The monoisotopic (exact) mass is 354 g/mol. The molecule has 3 rings (SSSR count). The van der Waals surface area contributed by atoms with Crippen molar-refractivity contribution in [3.63, 3.8) is 0 Å². The lowest BCUT2D eigenvalue weighted by molar-refractivity contribution is -0.133. The molecule has 0 saturated carbocycles. The zero-order valence-corrected chi connectivity index (χ0v) is 15.4. The van der Waals surface area contributed by atoms with Crippen LogP contribution in [0.4, 0.5) is 0 Å². The SMILES string of the molecule is O=C(CN1CCc2ccccc2[CH]C1=O)NCCCC1=NCCCCC1. The molecule has 0 aromatic heterocycles. The molecule has 0 fully saturated rings. The van der Waals surface area contributed by atoms with E-state index in [1.807, 2.05) is 24.3 Å². The molecule has 2 amide bonds. The van der Waals surface area contributed by atoms with Crippen LogP contribution in [0.15, 0.2) is 29.3 Å². The van der Waals surface area contributed by atoms with E-state index >= 15 is 0 Å². The molecule has 2 aliphatic heterocycles. The second-order valence-electron chi connectivity index (χ2n) is 7.07. The minimum absolute atomic E-state index is 0.0829. The Balaban J connectivity index is 1.39. The Hall–Kier alpha value is -2.17. The van der Waals surface area contributed by atoms with Gasteiger partial charge in [0.15, 0.2) is 0 Å². The first-order valence-electron chi connectivity index (χ1n) is 9.73. The van der Waals surface area contributed by atoms with Gasteiger partial charge in [-0.25, -0.2) is 0 Å². The van der Waals surface area contributed by atoms with Gasteiger partial charge in [-0.1, -0.05) is 30.7 Å². The lowest BCUT2D eigenvalue weighted by atomic mass is 10.0. The lowest BCUT2D eigenvalue weighted by Crippen LogP contribution is -2.41. The van der Waals surface area contributed by atoms with Crippen molar-refractivity contribution in [2.24, 2.45) is 4.99 Å². The van der Waals surface area contributed by atoms with Crippen LogP contribution in [-0.2, 0) is 16.0 Å². The second-order valence-corrected chi connectivity index (χ2v) is 7.07. The van der Waals surface area contributed by atoms with Crippen LogP contribution in [0, 0.1) is 6.42 Å². The number of nitrogens with one attached hydrogen (secondary N) is 1. The Morgan fingerprint density at radius 3 is 2.96 bits per heavy atom. The van der Waals surface area contributed by atoms with Crippen LogP contribution in [0.25, 0.3) is 0 Å². The van der Waals surface area contributed by atoms with E-state index in [0.717, 1.165) is 43.4 Å². The van der Waals surface area contributed by atoms with Crippen molar-refractivity contribution >= 4 is 17.5 Å². The van der Waals surface area contributed by atoms with Crippen molar-refractivity contribution in [2.75, 3.05) is 26.2 Å². The third-order valence-electron chi connectivity index (χ3n) is 5.05. The van der Waals surface area contributed by atoms with Gasteiger partial charge in [-0.05, 0) is 49.7 Å². The molecule has 1 N–H and O–H groups in total. The van der Waals surface area contributed by atoms with E-state index in [1.54, 1.807) is 11.3 Å². The van der Waals surface area contributed by atoms with Gasteiger partial charge in [0.25, 0.3) is 0 Å². The first-order valence-corrected chi connectivity index (χ1v) is 9.73. The van der Waals surface area contributed by atoms with E-state index in [1.165, 1.54) is 25.0 Å². The van der Waals surface area contributed by atoms with E-state index < -0.39 is 0 Å². The van der Waals surface area contributed by atoms with Crippen molar-refractivity contribution in [1.29, 1.82) is 0 Å². The predicted molar refractivity (Wildman–Crippen MR) is 103 cm³/mol. The number of nitrogens with zero attached hydrogens (tertiary/aromatic N) is 2. The van der Waals surface area contributed by atoms with Crippen LogP contribution in [0.2, 0.25) is 0 Å².